The second-order valence-corrected chi connectivity index (χ2v) is 6.33. The molecule has 0 atom stereocenters. The standard InChI is InChI=1S/C10H10N2O2.C9H8N2O2/c1-7-5-8-6-9(12(13)14)3-4-10(8)11(7)2;1-6-4-7-5-8(11(12)13)2-3-9(7)10-6/h3-6H,1-2H3;2-5,10H,1H3. The summed E-state index contributed by atoms with van der Waals surface area (Å²) < 4.78 is 2.01. The van der Waals surface area contributed by atoms with Crippen LogP contribution in [0.15, 0.2) is 48.5 Å². The lowest BCUT2D eigenvalue weighted by atomic mass is 10.2. The van der Waals surface area contributed by atoms with Crippen LogP contribution in [0.5, 0.6) is 0 Å². The lowest BCUT2D eigenvalue weighted by molar-refractivity contribution is -0.384. The van der Waals surface area contributed by atoms with Gasteiger partial charge in [-0.1, -0.05) is 0 Å². The van der Waals surface area contributed by atoms with E-state index >= 15 is 0 Å². The molecule has 138 valence electrons. The van der Waals surface area contributed by atoms with Gasteiger partial charge in [0.15, 0.2) is 0 Å². The monoisotopic (exact) mass is 366 g/mol. The highest BCUT2D eigenvalue weighted by atomic mass is 16.6. The Kier molecular flexibility index (Phi) is 4.64. The minimum atomic E-state index is -0.387. The number of nitro benzene ring substituents is 2. The van der Waals surface area contributed by atoms with Crippen LogP contribution in [-0.4, -0.2) is 19.4 Å². The van der Waals surface area contributed by atoms with Crippen molar-refractivity contribution in [1.82, 2.24) is 9.55 Å². The first-order chi connectivity index (χ1) is 12.8. The van der Waals surface area contributed by atoms with Crippen molar-refractivity contribution in [3.63, 3.8) is 0 Å². The van der Waals surface area contributed by atoms with E-state index in [0.29, 0.717) is 0 Å². The van der Waals surface area contributed by atoms with Gasteiger partial charge in [-0.3, -0.25) is 20.2 Å². The van der Waals surface area contributed by atoms with E-state index < -0.39 is 0 Å². The van der Waals surface area contributed by atoms with E-state index in [1.54, 1.807) is 24.3 Å². The zero-order valence-corrected chi connectivity index (χ0v) is 15.1. The molecule has 0 bridgehead atoms. The van der Waals surface area contributed by atoms with Gasteiger partial charge < -0.3 is 9.55 Å². The van der Waals surface area contributed by atoms with Gasteiger partial charge in [0.2, 0.25) is 0 Å². The van der Waals surface area contributed by atoms with Crippen molar-refractivity contribution in [1.29, 1.82) is 0 Å². The average molecular weight is 366 g/mol. The molecule has 0 spiro atoms. The average Bonchev–Trinajstić information content (AvgIpc) is 3.13. The summed E-state index contributed by atoms with van der Waals surface area (Å²) in [6, 6.07) is 13.5. The fourth-order valence-electron chi connectivity index (χ4n) is 2.97. The molecule has 2 aromatic carbocycles. The van der Waals surface area contributed by atoms with Gasteiger partial charge in [0.1, 0.15) is 0 Å². The van der Waals surface area contributed by atoms with Gasteiger partial charge in [0, 0.05) is 64.5 Å². The predicted octanol–water partition coefficient (Wildman–Crippen LogP) is 4.78. The molecule has 8 heteroatoms. The van der Waals surface area contributed by atoms with E-state index in [2.05, 4.69) is 4.98 Å². The number of benzene rings is 2. The van der Waals surface area contributed by atoms with Gasteiger partial charge in [-0.05, 0) is 38.1 Å². The van der Waals surface area contributed by atoms with Crippen LogP contribution in [0.25, 0.3) is 21.8 Å². The Hall–Kier alpha value is -3.68. The number of rotatable bonds is 2. The van der Waals surface area contributed by atoms with Crippen molar-refractivity contribution >= 4 is 33.2 Å². The van der Waals surface area contributed by atoms with Crippen LogP contribution in [0.2, 0.25) is 0 Å². The van der Waals surface area contributed by atoms with Crippen molar-refractivity contribution in [2.24, 2.45) is 7.05 Å². The molecule has 1 N–H and O–H groups in total. The predicted molar refractivity (Wildman–Crippen MR) is 104 cm³/mol. The first-order valence-electron chi connectivity index (χ1n) is 8.20. The Labute approximate surface area is 154 Å². The van der Waals surface area contributed by atoms with E-state index in [4.69, 9.17) is 0 Å². The van der Waals surface area contributed by atoms with E-state index in [0.717, 1.165) is 33.2 Å². The maximum atomic E-state index is 10.5. The van der Waals surface area contributed by atoms with Crippen LogP contribution in [0, 0.1) is 34.1 Å². The van der Waals surface area contributed by atoms with Gasteiger partial charge in [-0.2, -0.15) is 0 Å². The molecule has 0 saturated heterocycles. The Morgan fingerprint density at radius 2 is 1.44 bits per heavy atom. The molecule has 2 heterocycles. The third-order valence-corrected chi connectivity index (χ3v) is 4.43. The number of fused-ring (bicyclic) bond motifs is 2. The topological polar surface area (TPSA) is 107 Å². The number of nitro groups is 2. The molecule has 2 aromatic heterocycles. The highest BCUT2D eigenvalue weighted by Gasteiger charge is 2.09. The molecule has 0 radical (unpaired) electrons. The fraction of sp³-hybridized carbons (Fsp3) is 0.158. The van der Waals surface area contributed by atoms with Crippen LogP contribution >= 0.6 is 0 Å². The van der Waals surface area contributed by atoms with Crippen molar-refractivity contribution in [3.05, 3.63) is 80.1 Å². The molecular weight excluding hydrogens is 348 g/mol. The first kappa shape index (κ1) is 18.1. The summed E-state index contributed by atoms with van der Waals surface area (Å²) >= 11 is 0. The number of nitrogens with one attached hydrogen (secondary N) is 1. The molecule has 0 saturated carbocycles. The summed E-state index contributed by atoms with van der Waals surface area (Å²) in [7, 11) is 1.95. The molecule has 0 aliphatic carbocycles. The molecule has 0 aliphatic heterocycles. The van der Waals surface area contributed by atoms with E-state index in [1.807, 2.05) is 37.6 Å². The van der Waals surface area contributed by atoms with Gasteiger partial charge in [0.05, 0.1) is 9.85 Å². The Balaban J connectivity index is 0.000000156. The molecule has 0 amide bonds. The van der Waals surface area contributed by atoms with Crippen molar-refractivity contribution in [2.75, 3.05) is 0 Å². The highest BCUT2D eigenvalue weighted by Crippen LogP contribution is 2.23. The van der Waals surface area contributed by atoms with Crippen LogP contribution in [0.1, 0.15) is 11.4 Å². The smallest absolute Gasteiger partial charge is 0.270 e. The van der Waals surface area contributed by atoms with Crippen molar-refractivity contribution in [2.45, 2.75) is 13.8 Å². The quantitative estimate of drug-likeness (QED) is 0.407. The van der Waals surface area contributed by atoms with Gasteiger partial charge in [0.25, 0.3) is 11.4 Å². The molecular formula is C19H18N4O4. The van der Waals surface area contributed by atoms with Crippen LogP contribution < -0.4 is 0 Å². The molecule has 4 rings (SSSR count). The molecule has 8 nitrogen and oxygen atoms in total. The van der Waals surface area contributed by atoms with Gasteiger partial charge in [-0.15, -0.1) is 0 Å². The molecule has 0 unspecified atom stereocenters. The zero-order chi connectivity index (χ0) is 19.7. The van der Waals surface area contributed by atoms with Crippen molar-refractivity contribution in [3.8, 4) is 0 Å². The number of H-pyrrole nitrogens is 1. The largest absolute Gasteiger partial charge is 0.359 e. The second kappa shape index (κ2) is 6.91. The SMILES string of the molecule is Cc1cc2cc([N+](=O)[O-])ccc2[nH]1.Cc1cc2cc([N+](=O)[O-])ccc2n1C. The number of nitrogens with zero attached hydrogens (tertiary/aromatic N) is 3. The number of hydrogen-bond acceptors (Lipinski definition) is 4. The number of non-ortho nitro benzene ring substituents is 2. The Bertz CT molecular complexity index is 1170. The maximum Gasteiger partial charge on any atom is 0.270 e. The third-order valence-electron chi connectivity index (χ3n) is 4.43. The summed E-state index contributed by atoms with van der Waals surface area (Å²) in [5.41, 5.74) is 4.33. The molecule has 27 heavy (non-hydrogen) atoms. The molecule has 4 aromatic rings. The number of aromatic amines is 1. The summed E-state index contributed by atoms with van der Waals surface area (Å²) in [6.45, 7) is 3.90. The Morgan fingerprint density at radius 1 is 0.852 bits per heavy atom. The summed E-state index contributed by atoms with van der Waals surface area (Å²) in [6.07, 6.45) is 0. The number of aromatic nitrogens is 2. The van der Waals surface area contributed by atoms with Gasteiger partial charge in [-0.25, -0.2) is 0 Å². The van der Waals surface area contributed by atoms with Crippen LogP contribution in [-0.2, 0) is 7.05 Å². The molecule has 0 aliphatic rings. The normalized spacial score (nSPS) is 10.6. The Morgan fingerprint density at radius 3 is 2.07 bits per heavy atom. The zero-order valence-electron chi connectivity index (χ0n) is 15.1. The minimum Gasteiger partial charge on any atom is -0.359 e. The first-order valence-corrected chi connectivity index (χ1v) is 8.20. The second-order valence-electron chi connectivity index (χ2n) is 6.33. The molecule has 0 fully saturated rings. The summed E-state index contributed by atoms with van der Waals surface area (Å²) in [4.78, 5) is 23.3. The van der Waals surface area contributed by atoms with Crippen LogP contribution in [0.4, 0.5) is 11.4 Å². The summed E-state index contributed by atoms with van der Waals surface area (Å²) in [5, 5.41) is 22.8. The number of aryl methyl sites for hydroxylation is 3. The van der Waals surface area contributed by atoms with E-state index in [-0.39, 0.29) is 21.2 Å². The van der Waals surface area contributed by atoms with E-state index in [1.165, 1.54) is 12.1 Å². The van der Waals surface area contributed by atoms with Crippen molar-refractivity contribution < 1.29 is 9.85 Å². The third kappa shape index (κ3) is 3.64. The fourth-order valence-corrected chi connectivity index (χ4v) is 2.97. The van der Waals surface area contributed by atoms with Gasteiger partial charge >= 0.3 is 0 Å². The minimum absolute atomic E-state index is 0.131. The van der Waals surface area contributed by atoms with E-state index in [9.17, 15) is 20.2 Å². The number of hydrogen-bond donors (Lipinski definition) is 1. The maximum absolute atomic E-state index is 10.5. The van der Waals surface area contributed by atoms with Crippen LogP contribution in [0.3, 0.4) is 0 Å². The summed E-state index contributed by atoms with van der Waals surface area (Å²) in [5.74, 6) is 0. The lowest BCUT2D eigenvalue weighted by Crippen LogP contribution is -1.90. The highest BCUT2D eigenvalue weighted by molar-refractivity contribution is 5.83. The lowest BCUT2D eigenvalue weighted by Gasteiger charge is -1.97.